The molecule has 1 heterocycles. The number of amides is 1. The van der Waals surface area contributed by atoms with Crippen LogP contribution in [0.15, 0.2) is 16.6 Å². The molecule has 2 fully saturated rings. The van der Waals surface area contributed by atoms with Crippen molar-refractivity contribution in [1.29, 1.82) is 0 Å². The fraction of sp³-hybridized carbons (Fsp3) is 0.562. The first-order valence-corrected chi connectivity index (χ1v) is 8.32. The molecule has 7 heteroatoms. The largest absolute Gasteiger partial charge is 0.493 e. The highest BCUT2D eigenvalue weighted by Crippen LogP contribution is 2.59. The average Bonchev–Trinajstić information content (AvgIpc) is 3.22. The number of rotatable bonds is 4. The summed E-state index contributed by atoms with van der Waals surface area (Å²) in [5, 5.41) is 6.38. The summed E-state index contributed by atoms with van der Waals surface area (Å²) in [6.07, 6.45) is 3.20. The second-order valence-corrected chi connectivity index (χ2v) is 6.90. The molecule has 1 amide bonds. The maximum atomic E-state index is 12.5. The molecule has 1 unspecified atom stereocenters. The second-order valence-electron chi connectivity index (χ2n) is 6.05. The minimum absolute atomic E-state index is 0. The quantitative estimate of drug-likeness (QED) is 0.807. The SMILES string of the molecule is COc1cc(Br)c(NC(=O)C2CC23CCNCC3)cc1OC.Cl. The van der Waals surface area contributed by atoms with Gasteiger partial charge in [-0.05, 0) is 53.7 Å². The molecular weight excluding hydrogens is 384 g/mol. The third kappa shape index (κ3) is 3.59. The van der Waals surface area contributed by atoms with E-state index in [-0.39, 0.29) is 29.6 Å². The molecule has 2 N–H and O–H groups in total. The van der Waals surface area contributed by atoms with E-state index in [0.29, 0.717) is 11.5 Å². The lowest BCUT2D eigenvalue weighted by Crippen LogP contribution is -2.31. The highest BCUT2D eigenvalue weighted by atomic mass is 79.9. The topological polar surface area (TPSA) is 59.6 Å². The van der Waals surface area contributed by atoms with Gasteiger partial charge in [-0.15, -0.1) is 12.4 Å². The zero-order valence-electron chi connectivity index (χ0n) is 13.3. The molecule has 0 bridgehead atoms. The first-order valence-electron chi connectivity index (χ1n) is 7.53. The van der Waals surface area contributed by atoms with Crippen molar-refractivity contribution in [3.8, 4) is 11.5 Å². The summed E-state index contributed by atoms with van der Waals surface area (Å²) >= 11 is 3.48. The lowest BCUT2D eigenvalue weighted by Gasteiger charge is -2.23. The van der Waals surface area contributed by atoms with E-state index in [4.69, 9.17) is 9.47 Å². The normalized spacial score (nSPS) is 21.3. The van der Waals surface area contributed by atoms with Gasteiger partial charge in [0.15, 0.2) is 11.5 Å². The number of piperidine rings is 1. The Morgan fingerprint density at radius 2 is 1.87 bits per heavy atom. The van der Waals surface area contributed by atoms with E-state index < -0.39 is 0 Å². The van der Waals surface area contributed by atoms with Gasteiger partial charge in [-0.1, -0.05) is 0 Å². The zero-order chi connectivity index (χ0) is 15.7. The summed E-state index contributed by atoms with van der Waals surface area (Å²) in [4.78, 5) is 12.5. The van der Waals surface area contributed by atoms with Gasteiger partial charge in [-0.25, -0.2) is 0 Å². The van der Waals surface area contributed by atoms with Crippen LogP contribution in [0, 0.1) is 11.3 Å². The molecule has 1 aliphatic heterocycles. The Bertz CT molecular complexity index is 591. The van der Waals surface area contributed by atoms with Crippen molar-refractivity contribution in [2.24, 2.45) is 11.3 Å². The molecule has 5 nitrogen and oxygen atoms in total. The Balaban J connectivity index is 0.00000192. The summed E-state index contributed by atoms with van der Waals surface area (Å²) in [6.45, 7) is 2.04. The number of hydrogen-bond acceptors (Lipinski definition) is 4. The molecule has 0 aromatic heterocycles. The van der Waals surface area contributed by atoms with E-state index in [1.807, 2.05) is 6.07 Å². The van der Waals surface area contributed by atoms with Gasteiger partial charge in [-0.2, -0.15) is 0 Å². The van der Waals surface area contributed by atoms with Crippen LogP contribution in [-0.2, 0) is 4.79 Å². The molecule has 1 saturated heterocycles. The molecule has 0 radical (unpaired) electrons. The molecule has 1 atom stereocenters. The number of halogens is 2. The fourth-order valence-corrected chi connectivity index (χ4v) is 3.79. The van der Waals surface area contributed by atoms with Crippen LogP contribution < -0.4 is 20.1 Å². The molecule has 2 aliphatic rings. The predicted octanol–water partition coefficient (Wildman–Crippen LogP) is 3.22. The molecule has 1 aliphatic carbocycles. The Hall–Kier alpha value is -0.980. The van der Waals surface area contributed by atoms with Crippen molar-refractivity contribution in [3.63, 3.8) is 0 Å². The molecule has 1 spiro atoms. The molecular formula is C16H22BrClN2O3. The minimum Gasteiger partial charge on any atom is -0.493 e. The van der Waals surface area contributed by atoms with Crippen LogP contribution in [-0.4, -0.2) is 33.2 Å². The van der Waals surface area contributed by atoms with E-state index in [9.17, 15) is 4.79 Å². The smallest absolute Gasteiger partial charge is 0.228 e. The van der Waals surface area contributed by atoms with E-state index in [2.05, 4.69) is 26.6 Å². The Morgan fingerprint density at radius 1 is 1.26 bits per heavy atom. The highest BCUT2D eigenvalue weighted by molar-refractivity contribution is 9.10. The monoisotopic (exact) mass is 404 g/mol. The number of carbonyl (C=O) groups is 1. The number of carbonyl (C=O) groups excluding carboxylic acids is 1. The summed E-state index contributed by atoms with van der Waals surface area (Å²) in [6, 6.07) is 3.60. The first kappa shape index (κ1) is 18.4. The van der Waals surface area contributed by atoms with Crippen molar-refractivity contribution >= 4 is 39.9 Å². The molecule has 23 heavy (non-hydrogen) atoms. The van der Waals surface area contributed by atoms with E-state index >= 15 is 0 Å². The van der Waals surface area contributed by atoms with Crippen LogP contribution in [0.5, 0.6) is 11.5 Å². The van der Waals surface area contributed by atoms with Crippen LogP contribution >= 0.6 is 28.3 Å². The Morgan fingerprint density at radius 3 is 2.48 bits per heavy atom. The fourth-order valence-electron chi connectivity index (χ4n) is 3.37. The first-order chi connectivity index (χ1) is 10.6. The van der Waals surface area contributed by atoms with Crippen LogP contribution in [0.4, 0.5) is 5.69 Å². The van der Waals surface area contributed by atoms with Gasteiger partial charge in [0.2, 0.25) is 5.91 Å². The Kier molecular flexibility index (Phi) is 5.81. The van der Waals surface area contributed by atoms with E-state index in [0.717, 1.165) is 42.5 Å². The molecule has 3 rings (SSSR count). The van der Waals surface area contributed by atoms with Crippen LogP contribution in [0.25, 0.3) is 0 Å². The third-order valence-electron chi connectivity index (χ3n) is 4.84. The maximum Gasteiger partial charge on any atom is 0.228 e. The number of anilines is 1. The van der Waals surface area contributed by atoms with E-state index in [1.54, 1.807) is 20.3 Å². The number of benzene rings is 1. The van der Waals surface area contributed by atoms with Crippen LogP contribution in [0.1, 0.15) is 19.3 Å². The molecule has 1 saturated carbocycles. The van der Waals surface area contributed by atoms with Crippen molar-refractivity contribution in [1.82, 2.24) is 5.32 Å². The zero-order valence-corrected chi connectivity index (χ0v) is 15.7. The summed E-state index contributed by atoms with van der Waals surface area (Å²) in [5.41, 5.74) is 0.955. The highest BCUT2D eigenvalue weighted by Gasteiger charge is 2.57. The number of ether oxygens (including phenoxy) is 2. The van der Waals surface area contributed by atoms with Crippen LogP contribution in [0.2, 0.25) is 0 Å². The summed E-state index contributed by atoms with van der Waals surface area (Å²) < 4.78 is 11.3. The lowest BCUT2D eigenvalue weighted by molar-refractivity contribution is -0.118. The van der Waals surface area contributed by atoms with Gasteiger partial charge in [-0.3, -0.25) is 4.79 Å². The van der Waals surface area contributed by atoms with Crippen molar-refractivity contribution in [3.05, 3.63) is 16.6 Å². The Labute approximate surface area is 151 Å². The second kappa shape index (κ2) is 7.28. The minimum atomic E-state index is 0. The summed E-state index contributed by atoms with van der Waals surface area (Å²) in [7, 11) is 3.18. The number of methoxy groups -OCH3 is 2. The van der Waals surface area contributed by atoms with Gasteiger partial charge in [0.1, 0.15) is 0 Å². The molecule has 128 valence electrons. The number of hydrogen-bond donors (Lipinski definition) is 2. The van der Waals surface area contributed by atoms with Crippen molar-refractivity contribution in [2.75, 3.05) is 32.6 Å². The van der Waals surface area contributed by atoms with Gasteiger partial charge >= 0.3 is 0 Å². The van der Waals surface area contributed by atoms with Crippen LogP contribution in [0.3, 0.4) is 0 Å². The number of nitrogens with one attached hydrogen (secondary N) is 2. The van der Waals surface area contributed by atoms with Crippen molar-refractivity contribution in [2.45, 2.75) is 19.3 Å². The van der Waals surface area contributed by atoms with Gasteiger partial charge < -0.3 is 20.1 Å². The third-order valence-corrected chi connectivity index (χ3v) is 5.49. The molecule has 1 aromatic rings. The van der Waals surface area contributed by atoms with Crippen molar-refractivity contribution < 1.29 is 14.3 Å². The van der Waals surface area contributed by atoms with Gasteiger partial charge in [0, 0.05) is 22.5 Å². The van der Waals surface area contributed by atoms with Gasteiger partial charge in [0.05, 0.1) is 19.9 Å². The van der Waals surface area contributed by atoms with E-state index in [1.165, 1.54) is 0 Å². The summed E-state index contributed by atoms with van der Waals surface area (Å²) in [5.74, 6) is 1.48. The standard InChI is InChI=1S/C16H21BrN2O3.ClH/c1-21-13-7-11(17)12(8-14(13)22-2)19-15(20)10-9-16(10)3-5-18-6-4-16;/h7-8,10,18H,3-6,9H2,1-2H3,(H,19,20);1H. The maximum absolute atomic E-state index is 12.5. The van der Waals surface area contributed by atoms with Gasteiger partial charge in [0.25, 0.3) is 0 Å². The molecule has 1 aromatic carbocycles. The lowest BCUT2D eigenvalue weighted by atomic mass is 9.92. The predicted molar refractivity (Wildman–Crippen MR) is 95.8 cm³/mol. The average molecular weight is 406 g/mol.